The van der Waals surface area contributed by atoms with Gasteiger partial charge in [-0.2, -0.15) is 13.2 Å². The molecule has 0 bridgehead atoms. The van der Waals surface area contributed by atoms with Crippen molar-refractivity contribution in [2.24, 2.45) is 10.9 Å². The molecule has 1 amide bonds. The zero-order chi connectivity index (χ0) is 16.3. The number of nitrogens with zero attached hydrogens (tertiary/aromatic N) is 2. The summed E-state index contributed by atoms with van der Waals surface area (Å²) in [5.41, 5.74) is 5.30. The Bertz CT molecular complexity index is 337. The summed E-state index contributed by atoms with van der Waals surface area (Å²) in [6, 6.07) is 0. The highest BCUT2D eigenvalue weighted by molar-refractivity contribution is 5.81. The van der Waals surface area contributed by atoms with Crippen molar-refractivity contribution in [2.75, 3.05) is 40.0 Å². The summed E-state index contributed by atoms with van der Waals surface area (Å²) in [5.74, 6) is -0.432. The number of oxime groups is 1. The highest BCUT2D eigenvalue weighted by atomic mass is 19.4. The summed E-state index contributed by atoms with van der Waals surface area (Å²) in [7, 11) is 1.46. The van der Waals surface area contributed by atoms with Gasteiger partial charge in [-0.3, -0.25) is 4.79 Å². The summed E-state index contributed by atoms with van der Waals surface area (Å²) in [5, 5.41) is 11.2. The van der Waals surface area contributed by atoms with Crippen LogP contribution in [0.5, 0.6) is 0 Å². The van der Waals surface area contributed by atoms with Crippen molar-refractivity contribution in [1.29, 1.82) is 0 Å². The van der Waals surface area contributed by atoms with Crippen LogP contribution in [0.3, 0.4) is 0 Å². The number of amides is 1. The molecule has 7 nitrogen and oxygen atoms in total. The number of carbonyl (C=O) groups excluding carboxylic acids is 1. The van der Waals surface area contributed by atoms with Gasteiger partial charge in [-0.05, 0) is 0 Å². The average Bonchev–Trinajstić information content (AvgIpc) is 2.42. The molecule has 0 radical (unpaired) electrons. The molecule has 0 aromatic heterocycles. The molecule has 21 heavy (non-hydrogen) atoms. The molecule has 0 aliphatic carbocycles. The lowest BCUT2D eigenvalue weighted by Crippen LogP contribution is -2.37. The quantitative estimate of drug-likeness (QED) is 0.202. The minimum atomic E-state index is -4.41. The molecule has 3 N–H and O–H groups in total. The maximum atomic E-state index is 11.9. The number of nitrogens with two attached hydrogens (primary N) is 1. The first-order chi connectivity index (χ1) is 9.80. The van der Waals surface area contributed by atoms with Crippen LogP contribution in [-0.2, 0) is 14.3 Å². The zero-order valence-electron chi connectivity index (χ0n) is 11.7. The third kappa shape index (κ3) is 10.9. The molecule has 0 aliphatic rings. The lowest BCUT2D eigenvalue weighted by molar-refractivity contribution is -0.175. The maximum Gasteiger partial charge on any atom is 0.411 e. The van der Waals surface area contributed by atoms with Gasteiger partial charge in [-0.1, -0.05) is 5.16 Å². The van der Waals surface area contributed by atoms with Crippen LogP contribution in [0.4, 0.5) is 13.2 Å². The van der Waals surface area contributed by atoms with Crippen LogP contribution in [0.15, 0.2) is 5.16 Å². The van der Waals surface area contributed by atoms with E-state index < -0.39 is 12.8 Å². The number of alkyl halides is 3. The van der Waals surface area contributed by atoms with Gasteiger partial charge in [0.05, 0.1) is 19.6 Å². The lowest BCUT2D eigenvalue weighted by atomic mass is 10.3. The van der Waals surface area contributed by atoms with Gasteiger partial charge in [-0.25, -0.2) is 0 Å². The molecule has 0 aromatic rings. The second kappa shape index (κ2) is 10.2. The van der Waals surface area contributed by atoms with Gasteiger partial charge in [0, 0.05) is 26.6 Å². The predicted octanol–water partition coefficient (Wildman–Crippen LogP) is 0.567. The van der Waals surface area contributed by atoms with E-state index in [9.17, 15) is 18.0 Å². The van der Waals surface area contributed by atoms with Crippen molar-refractivity contribution in [2.45, 2.75) is 19.0 Å². The molecular weight excluding hydrogens is 295 g/mol. The molecule has 0 atom stereocenters. The molecule has 124 valence electrons. The van der Waals surface area contributed by atoms with E-state index in [0.29, 0.717) is 0 Å². The minimum absolute atomic E-state index is 0.0430. The smallest absolute Gasteiger partial charge is 0.409 e. The number of hydrogen-bond acceptors (Lipinski definition) is 5. The van der Waals surface area contributed by atoms with E-state index >= 15 is 0 Å². The summed E-state index contributed by atoms with van der Waals surface area (Å²) in [6.07, 6.45) is -4.45. The number of halogens is 3. The Morgan fingerprint density at radius 1 is 1.29 bits per heavy atom. The van der Waals surface area contributed by atoms with Gasteiger partial charge < -0.3 is 25.3 Å². The van der Waals surface area contributed by atoms with Gasteiger partial charge in [0.1, 0.15) is 12.4 Å². The Labute approximate surface area is 120 Å². The van der Waals surface area contributed by atoms with Crippen molar-refractivity contribution in [3.05, 3.63) is 0 Å². The van der Waals surface area contributed by atoms with Gasteiger partial charge in [-0.15, -0.1) is 0 Å². The average molecular weight is 315 g/mol. The minimum Gasteiger partial charge on any atom is -0.409 e. The zero-order valence-corrected chi connectivity index (χ0v) is 11.7. The van der Waals surface area contributed by atoms with Crippen LogP contribution in [0.1, 0.15) is 12.8 Å². The third-order valence-corrected chi connectivity index (χ3v) is 2.41. The Kier molecular flexibility index (Phi) is 9.46. The number of amidine groups is 1. The van der Waals surface area contributed by atoms with E-state index in [1.807, 2.05) is 0 Å². The van der Waals surface area contributed by atoms with Gasteiger partial charge in [0.15, 0.2) is 0 Å². The number of hydrogen-bond donors (Lipinski definition) is 2. The van der Waals surface area contributed by atoms with Crippen molar-refractivity contribution >= 4 is 11.7 Å². The molecule has 0 rings (SSSR count). The van der Waals surface area contributed by atoms with Crippen LogP contribution in [-0.4, -0.2) is 68.0 Å². The first-order valence-corrected chi connectivity index (χ1v) is 6.17. The second-order valence-electron chi connectivity index (χ2n) is 4.13. The maximum absolute atomic E-state index is 11.9. The van der Waals surface area contributed by atoms with Gasteiger partial charge >= 0.3 is 6.18 Å². The van der Waals surface area contributed by atoms with Crippen molar-refractivity contribution < 1.29 is 32.6 Å². The normalized spacial score (nSPS) is 12.5. The van der Waals surface area contributed by atoms with Crippen LogP contribution in [0, 0.1) is 0 Å². The van der Waals surface area contributed by atoms with E-state index in [4.69, 9.17) is 15.7 Å². The van der Waals surface area contributed by atoms with Gasteiger partial charge in [0.2, 0.25) is 5.91 Å². The van der Waals surface area contributed by atoms with Crippen molar-refractivity contribution in [1.82, 2.24) is 4.90 Å². The van der Waals surface area contributed by atoms with Crippen molar-refractivity contribution in [3.63, 3.8) is 0 Å². The molecule has 0 saturated heterocycles. The summed E-state index contributed by atoms with van der Waals surface area (Å²) < 4.78 is 44.8. The third-order valence-electron chi connectivity index (χ3n) is 2.41. The molecule has 0 saturated carbocycles. The number of carbonyl (C=O) groups is 1. The van der Waals surface area contributed by atoms with Crippen molar-refractivity contribution in [3.8, 4) is 0 Å². The largest absolute Gasteiger partial charge is 0.411 e. The molecule has 0 unspecified atom stereocenters. The molecule has 10 heteroatoms. The van der Waals surface area contributed by atoms with Crippen LogP contribution in [0.25, 0.3) is 0 Å². The predicted molar refractivity (Wildman–Crippen MR) is 68.0 cm³/mol. The molecular formula is C11H20F3N3O4. The first-order valence-electron chi connectivity index (χ1n) is 6.17. The Morgan fingerprint density at radius 2 is 1.95 bits per heavy atom. The second-order valence-corrected chi connectivity index (χ2v) is 4.13. The molecule has 0 spiro atoms. The van der Waals surface area contributed by atoms with E-state index in [2.05, 4.69) is 9.89 Å². The van der Waals surface area contributed by atoms with E-state index in [-0.39, 0.29) is 50.9 Å². The Morgan fingerprint density at radius 3 is 2.48 bits per heavy atom. The fourth-order valence-corrected chi connectivity index (χ4v) is 1.37. The fraction of sp³-hybridized carbons (Fsp3) is 0.818. The molecule has 0 heterocycles. The highest BCUT2D eigenvalue weighted by Crippen LogP contribution is 2.14. The lowest BCUT2D eigenvalue weighted by Gasteiger charge is -2.22. The fourth-order valence-electron chi connectivity index (χ4n) is 1.37. The van der Waals surface area contributed by atoms with Crippen LogP contribution in [0.2, 0.25) is 0 Å². The topological polar surface area (TPSA) is 97.4 Å². The SMILES string of the molecule is COCCN(CCC(N)=NO)C(=O)CCOCC(F)(F)F. The van der Waals surface area contributed by atoms with E-state index in [0.717, 1.165) is 0 Å². The first kappa shape index (κ1) is 19.4. The summed E-state index contributed by atoms with van der Waals surface area (Å²) >= 11 is 0. The number of methoxy groups -OCH3 is 1. The highest BCUT2D eigenvalue weighted by Gasteiger charge is 2.27. The molecule has 0 aromatic carbocycles. The molecule has 0 fully saturated rings. The van der Waals surface area contributed by atoms with Crippen LogP contribution < -0.4 is 5.73 Å². The summed E-state index contributed by atoms with van der Waals surface area (Å²) in [4.78, 5) is 13.2. The standard InChI is InChI=1S/C11H20F3N3O4/c1-20-7-5-17(4-2-9(15)16-19)10(18)3-6-21-8-11(12,13)14/h19H,2-8H2,1H3,(H2,15,16). The number of rotatable bonds is 10. The monoisotopic (exact) mass is 315 g/mol. The van der Waals surface area contributed by atoms with Crippen LogP contribution >= 0.6 is 0 Å². The molecule has 0 aliphatic heterocycles. The van der Waals surface area contributed by atoms with E-state index in [1.165, 1.54) is 12.0 Å². The summed E-state index contributed by atoms with van der Waals surface area (Å²) in [6.45, 7) is -1.01. The van der Waals surface area contributed by atoms with E-state index in [1.54, 1.807) is 0 Å². The Hall–Kier alpha value is -1.55. The Balaban J connectivity index is 4.18. The number of ether oxygens (including phenoxy) is 2. The van der Waals surface area contributed by atoms with Gasteiger partial charge in [0.25, 0.3) is 0 Å².